The number of benzene rings is 1. The molecular weight excluding hydrogens is 229 g/mol. The zero-order valence-electron chi connectivity index (χ0n) is 9.21. The van der Waals surface area contributed by atoms with Crippen LogP contribution in [-0.4, -0.2) is 35.7 Å². The Kier molecular flexibility index (Phi) is 3.19. The smallest absolute Gasteiger partial charge is 0.127 e. The van der Waals surface area contributed by atoms with Crippen molar-refractivity contribution in [3.05, 3.63) is 34.6 Å². The SMILES string of the molecule is CN1CCC(O)(Cc2c(F)cccc2Cl)C1. The molecule has 16 heavy (non-hydrogen) atoms. The molecule has 1 aromatic carbocycles. The standard InChI is InChI=1S/C12H15ClFNO/c1-15-6-5-12(16,8-15)7-9-10(13)3-2-4-11(9)14/h2-4,16H,5-8H2,1H3. The normalized spacial score (nSPS) is 26.2. The second kappa shape index (κ2) is 4.32. The first-order valence-corrected chi connectivity index (χ1v) is 5.72. The first kappa shape index (κ1) is 11.8. The van der Waals surface area contributed by atoms with Gasteiger partial charge in [-0.1, -0.05) is 17.7 Å². The fourth-order valence-corrected chi connectivity index (χ4v) is 2.46. The molecule has 1 aliphatic rings. The summed E-state index contributed by atoms with van der Waals surface area (Å²) in [7, 11) is 1.95. The predicted octanol–water partition coefficient (Wildman–Crippen LogP) is 2.09. The number of rotatable bonds is 2. The van der Waals surface area contributed by atoms with E-state index in [0.717, 1.165) is 6.54 Å². The van der Waals surface area contributed by atoms with E-state index in [2.05, 4.69) is 0 Å². The fourth-order valence-electron chi connectivity index (χ4n) is 2.23. The van der Waals surface area contributed by atoms with E-state index in [0.29, 0.717) is 23.6 Å². The molecule has 4 heteroatoms. The number of halogens is 2. The second-order valence-electron chi connectivity index (χ2n) is 4.59. The third-order valence-electron chi connectivity index (χ3n) is 3.09. The lowest BCUT2D eigenvalue weighted by molar-refractivity contribution is 0.0515. The van der Waals surface area contributed by atoms with Crippen molar-refractivity contribution in [1.82, 2.24) is 4.90 Å². The van der Waals surface area contributed by atoms with Gasteiger partial charge in [-0.2, -0.15) is 0 Å². The van der Waals surface area contributed by atoms with Gasteiger partial charge in [-0.3, -0.25) is 0 Å². The minimum absolute atomic E-state index is 0.281. The van der Waals surface area contributed by atoms with Crippen LogP contribution in [0.3, 0.4) is 0 Å². The molecule has 88 valence electrons. The topological polar surface area (TPSA) is 23.5 Å². The van der Waals surface area contributed by atoms with Gasteiger partial charge in [0.25, 0.3) is 0 Å². The Morgan fingerprint density at radius 2 is 2.31 bits per heavy atom. The van der Waals surface area contributed by atoms with Crippen LogP contribution in [-0.2, 0) is 6.42 Å². The van der Waals surface area contributed by atoms with Crippen molar-refractivity contribution in [2.75, 3.05) is 20.1 Å². The van der Waals surface area contributed by atoms with E-state index in [1.807, 2.05) is 11.9 Å². The molecule has 0 bridgehead atoms. The maximum Gasteiger partial charge on any atom is 0.127 e. The molecule has 1 saturated heterocycles. The van der Waals surface area contributed by atoms with E-state index in [1.165, 1.54) is 6.07 Å². The maximum absolute atomic E-state index is 13.6. The predicted molar refractivity (Wildman–Crippen MR) is 62.2 cm³/mol. The average molecular weight is 244 g/mol. The number of likely N-dealkylation sites (N-methyl/N-ethyl adjacent to an activating group) is 1. The molecule has 0 amide bonds. The molecule has 0 spiro atoms. The largest absolute Gasteiger partial charge is 0.388 e. The summed E-state index contributed by atoms with van der Waals surface area (Å²) in [6.45, 7) is 1.40. The molecule has 1 atom stereocenters. The van der Waals surface area contributed by atoms with Gasteiger partial charge >= 0.3 is 0 Å². The van der Waals surface area contributed by atoms with Gasteiger partial charge in [0.05, 0.1) is 5.60 Å². The van der Waals surface area contributed by atoms with Crippen LogP contribution in [0.2, 0.25) is 5.02 Å². The van der Waals surface area contributed by atoms with Crippen LogP contribution < -0.4 is 0 Å². The van der Waals surface area contributed by atoms with Crippen molar-refractivity contribution in [1.29, 1.82) is 0 Å². The van der Waals surface area contributed by atoms with Crippen LogP contribution in [0.15, 0.2) is 18.2 Å². The summed E-state index contributed by atoms with van der Waals surface area (Å²) >= 11 is 5.94. The average Bonchev–Trinajstić information content (AvgIpc) is 2.53. The highest BCUT2D eigenvalue weighted by Crippen LogP contribution is 2.29. The number of β-amino-alcohol motifs (C(OH)–C–C–N with tert-alkyl or cyclic N) is 1. The second-order valence-corrected chi connectivity index (χ2v) is 5.00. The van der Waals surface area contributed by atoms with E-state index in [1.54, 1.807) is 12.1 Å². The third-order valence-corrected chi connectivity index (χ3v) is 3.44. The summed E-state index contributed by atoms with van der Waals surface area (Å²) in [4.78, 5) is 2.04. The molecule has 1 unspecified atom stereocenters. The zero-order chi connectivity index (χ0) is 11.8. The summed E-state index contributed by atoms with van der Waals surface area (Å²) < 4.78 is 13.6. The van der Waals surface area contributed by atoms with Gasteiger partial charge < -0.3 is 10.0 Å². The minimum atomic E-state index is -0.847. The van der Waals surface area contributed by atoms with E-state index < -0.39 is 5.60 Å². The Bertz CT molecular complexity index is 378. The van der Waals surface area contributed by atoms with Gasteiger partial charge in [0.15, 0.2) is 0 Å². The Morgan fingerprint density at radius 1 is 1.56 bits per heavy atom. The first-order valence-electron chi connectivity index (χ1n) is 5.34. The molecule has 0 saturated carbocycles. The molecular formula is C12H15ClFNO. The Labute approximate surface area is 99.6 Å². The van der Waals surface area contributed by atoms with Crippen LogP contribution in [0.4, 0.5) is 4.39 Å². The summed E-state index contributed by atoms with van der Waals surface area (Å²) in [5.41, 5.74) is -0.428. The molecule has 1 aliphatic heterocycles. The molecule has 1 N–H and O–H groups in total. The van der Waals surface area contributed by atoms with Gasteiger partial charge in [-0.05, 0) is 25.6 Å². The van der Waals surface area contributed by atoms with Crippen LogP contribution in [0, 0.1) is 5.82 Å². The highest BCUT2D eigenvalue weighted by molar-refractivity contribution is 6.31. The molecule has 1 fully saturated rings. The summed E-state index contributed by atoms with van der Waals surface area (Å²) in [5, 5.41) is 10.7. The van der Waals surface area contributed by atoms with Crippen molar-refractivity contribution < 1.29 is 9.50 Å². The number of hydrogen-bond acceptors (Lipinski definition) is 2. The van der Waals surface area contributed by atoms with Gasteiger partial charge in [0.1, 0.15) is 5.82 Å². The number of likely N-dealkylation sites (tertiary alicyclic amines) is 1. The van der Waals surface area contributed by atoms with E-state index in [9.17, 15) is 9.50 Å². The number of hydrogen-bond donors (Lipinski definition) is 1. The monoisotopic (exact) mass is 243 g/mol. The molecule has 0 radical (unpaired) electrons. The van der Waals surface area contributed by atoms with Crippen LogP contribution >= 0.6 is 11.6 Å². The minimum Gasteiger partial charge on any atom is -0.388 e. The molecule has 0 aliphatic carbocycles. The lowest BCUT2D eigenvalue weighted by atomic mass is 9.93. The van der Waals surface area contributed by atoms with Crippen LogP contribution in [0.25, 0.3) is 0 Å². The lowest BCUT2D eigenvalue weighted by Crippen LogP contribution is -2.34. The number of nitrogens with zero attached hydrogens (tertiary/aromatic N) is 1. The Hall–Kier alpha value is -0.640. The highest BCUT2D eigenvalue weighted by atomic mass is 35.5. The van der Waals surface area contributed by atoms with Gasteiger partial charge in [-0.15, -0.1) is 0 Å². The molecule has 2 nitrogen and oxygen atoms in total. The van der Waals surface area contributed by atoms with Gasteiger partial charge in [0.2, 0.25) is 0 Å². The lowest BCUT2D eigenvalue weighted by Gasteiger charge is -2.23. The Morgan fingerprint density at radius 3 is 2.88 bits per heavy atom. The van der Waals surface area contributed by atoms with Crippen LogP contribution in [0.1, 0.15) is 12.0 Å². The van der Waals surface area contributed by atoms with Crippen molar-refractivity contribution in [3.63, 3.8) is 0 Å². The van der Waals surface area contributed by atoms with E-state index >= 15 is 0 Å². The first-order chi connectivity index (χ1) is 7.50. The van der Waals surface area contributed by atoms with Gasteiger partial charge in [0, 0.05) is 30.1 Å². The molecule has 0 aromatic heterocycles. The van der Waals surface area contributed by atoms with Crippen molar-refractivity contribution in [3.8, 4) is 0 Å². The zero-order valence-corrected chi connectivity index (χ0v) is 9.97. The fraction of sp³-hybridized carbons (Fsp3) is 0.500. The van der Waals surface area contributed by atoms with Crippen molar-refractivity contribution >= 4 is 11.6 Å². The molecule has 1 heterocycles. The van der Waals surface area contributed by atoms with Crippen LogP contribution in [0.5, 0.6) is 0 Å². The summed E-state index contributed by atoms with van der Waals surface area (Å²) in [6, 6.07) is 4.61. The summed E-state index contributed by atoms with van der Waals surface area (Å²) in [6.07, 6.45) is 0.941. The van der Waals surface area contributed by atoms with E-state index in [4.69, 9.17) is 11.6 Å². The van der Waals surface area contributed by atoms with Crippen molar-refractivity contribution in [2.24, 2.45) is 0 Å². The summed E-state index contributed by atoms with van der Waals surface area (Å²) in [5.74, 6) is -0.338. The third kappa shape index (κ3) is 2.37. The highest BCUT2D eigenvalue weighted by Gasteiger charge is 2.35. The van der Waals surface area contributed by atoms with Crippen molar-refractivity contribution in [2.45, 2.75) is 18.4 Å². The maximum atomic E-state index is 13.6. The quantitative estimate of drug-likeness (QED) is 0.860. The van der Waals surface area contributed by atoms with E-state index in [-0.39, 0.29) is 12.2 Å². The van der Waals surface area contributed by atoms with Gasteiger partial charge in [-0.25, -0.2) is 4.39 Å². The Balaban J connectivity index is 2.21. The number of aliphatic hydroxyl groups is 1. The molecule has 1 aromatic rings. The molecule has 2 rings (SSSR count).